The van der Waals surface area contributed by atoms with E-state index in [4.69, 9.17) is 11.6 Å². The normalized spacial score (nSPS) is 10.3. The predicted molar refractivity (Wildman–Crippen MR) is 72.6 cm³/mol. The molecule has 0 unspecified atom stereocenters. The van der Waals surface area contributed by atoms with Crippen LogP contribution in [0.1, 0.15) is 5.56 Å². The van der Waals surface area contributed by atoms with E-state index >= 15 is 0 Å². The van der Waals surface area contributed by atoms with Crippen molar-refractivity contribution in [1.82, 2.24) is 9.88 Å². The Morgan fingerprint density at radius 2 is 1.83 bits per heavy atom. The van der Waals surface area contributed by atoms with E-state index in [0.717, 1.165) is 11.4 Å². The highest BCUT2D eigenvalue weighted by Gasteiger charge is 2.01. The van der Waals surface area contributed by atoms with Gasteiger partial charge in [-0.2, -0.15) is 0 Å². The first-order chi connectivity index (χ1) is 8.74. The third-order valence-electron chi connectivity index (χ3n) is 2.64. The molecule has 0 aliphatic carbocycles. The molecule has 0 aliphatic heterocycles. The van der Waals surface area contributed by atoms with Crippen LogP contribution < -0.4 is 5.32 Å². The maximum Gasteiger partial charge on any atom is 0.239 e. The van der Waals surface area contributed by atoms with Gasteiger partial charge in [-0.25, -0.2) is 0 Å². The van der Waals surface area contributed by atoms with Crippen LogP contribution in [-0.4, -0.2) is 17.0 Å². The van der Waals surface area contributed by atoms with E-state index in [1.165, 1.54) is 5.56 Å². The SMILES string of the molecule is O=C(Cn1cccc1)NCCc1ccc(Cl)cc1. The van der Waals surface area contributed by atoms with Gasteiger partial charge in [0.1, 0.15) is 6.54 Å². The van der Waals surface area contributed by atoms with Gasteiger partial charge in [-0.1, -0.05) is 23.7 Å². The van der Waals surface area contributed by atoms with E-state index < -0.39 is 0 Å². The first-order valence-electron chi connectivity index (χ1n) is 5.86. The summed E-state index contributed by atoms with van der Waals surface area (Å²) >= 11 is 5.80. The van der Waals surface area contributed by atoms with Crippen LogP contribution in [-0.2, 0) is 17.8 Å². The number of rotatable bonds is 5. The van der Waals surface area contributed by atoms with Crippen molar-refractivity contribution in [3.8, 4) is 0 Å². The van der Waals surface area contributed by atoms with Gasteiger partial charge < -0.3 is 9.88 Å². The quantitative estimate of drug-likeness (QED) is 0.883. The lowest BCUT2D eigenvalue weighted by atomic mass is 10.1. The van der Waals surface area contributed by atoms with Gasteiger partial charge in [-0.15, -0.1) is 0 Å². The van der Waals surface area contributed by atoms with Gasteiger partial charge in [0.05, 0.1) is 0 Å². The van der Waals surface area contributed by atoms with Gasteiger partial charge in [0, 0.05) is 24.0 Å². The fourth-order valence-corrected chi connectivity index (χ4v) is 1.82. The lowest BCUT2D eigenvalue weighted by molar-refractivity contribution is -0.121. The first-order valence-corrected chi connectivity index (χ1v) is 6.24. The highest BCUT2D eigenvalue weighted by molar-refractivity contribution is 6.30. The Morgan fingerprint density at radius 3 is 2.50 bits per heavy atom. The summed E-state index contributed by atoms with van der Waals surface area (Å²) in [6.07, 6.45) is 4.56. The van der Waals surface area contributed by atoms with Crippen molar-refractivity contribution in [2.75, 3.05) is 6.54 Å². The molecule has 1 amide bonds. The van der Waals surface area contributed by atoms with Gasteiger partial charge in [0.15, 0.2) is 0 Å². The Bertz CT molecular complexity index is 491. The smallest absolute Gasteiger partial charge is 0.239 e. The van der Waals surface area contributed by atoms with Crippen molar-refractivity contribution in [3.63, 3.8) is 0 Å². The summed E-state index contributed by atoms with van der Waals surface area (Å²) in [5.74, 6) is 0.0279. The highest BCUT2D eigenvalue weighted by Crippen LogP contribution is 2.09. The largest absolute Gasteiger partial charge is 0.354 e. The second-order valence-electron chi connectivity index (χ2n) is 4.08. The Balaban J connectivity index is 1.72. The van der Waals surface area contributed by atoms with E-state index in [-0.39, 0.29) is 5.91 Å². The molecule has 3 nitrogen and oxygen atoms in total. The van der Waals surface area contributed by atoms with Gasteiger partial charge in [-0.05, 0) is 36.2 Å². The molecule has 94 valence electrons. The van der Waals surface area contributed by atoms with Crippen LogP contribution in [0.3, 0.4) is 0 Å². The molecule has 0 spiro atoms. The van der Waals surface area contributed by atoms with E-state index in [1.54, 1.807) is 0 Å². The molecular formula is C14H15ClN2O. The Hall–Kier alpha value is -1.74. The van der Waals surface area contributed by atoms with Crippen LogP contribution >= 0.6 is 11.6 Å². The Labute approximate surface area is 111 Å². The van der Waals surface area contributed by atoms with Crippen LogP contribution in [0.15, 0.2) is 48.8 Å². The molecular weight excluding hydrogens is 248 g/mol. The number of carbonyl (C=O) groups excluding carboxylic acids is 1. The van der Waals surface area contributed by atoms with Crippen LogP contribution in [0.4, 0.5) is 0 Å². The molecule has 4 heteroatoms. The van der Waals surface area contributed by atoms with E-state index in [1.807, 2.05) is 53.4 Å². The second-order valence-corrected chi connectivity index (χ2v) is 4.52. The minimum atomic E-state index is 0.0279. The zero-order valence-corrected chi connectivity index (χ0v) is 10.7. The standard InChI is InChI=1S/C14H15ClN2O/c15-13-5-3-12(4-6-13)7-8-16-14(18)11-17-9-1-2-10-17/h1-6,9-10H,7-8,11H2,(H,16,18). The zero-order chi connectivity index (χ0) is 12.8. The van der Waals surface area contributed by atoms with Crippen molar-refractivity contribution in [3.05, 3.63) is 59.4 Å². The number of halogens is 1. The monoisotopic (exact) mass is 262 g/mol. The van der Waals surface area contributed by atoms with Crippen molar-refractivity contribution in [2.24, 2.45) is 0 Å². The molecule has 0 bridgehead atoms. The fraction of sp³-hybridized carbons (Fsp3) is 0.214. The predicted octanol–water partition coefficient (Wildman–Crippen LogP) is 2.50. The summed E-state index contributed by atoms with van der Waals surface area (Å²) in [5.41, 5.74) is 1.17. The minimum Gasteiger partial charge on any atom is -0.354 e. The molecule has 1 aromatic heterocycles. The van der Waals surface area contributed by atoms with Crippen LogP contribution in [0.2, 0.25) is 5.02 Å². The number of nitrogens with zero attached hydrogens (tertiary/aromatic N) is 1. The van der Waals surface area contributed by atoms with Crippen molar-refractivity contribution in [2.45, 2.75) is 13.0 Å². The van der Waals surface area contributed by atoms with Crippen LogP contribution in [0, 0.1) is 0 Å². The molecule has 0 saturated heterocycles. The summed E-state index contributed by atoms with van der Waals surface area (Å²) in [5, 5.41) is 3.62. The zero-order valence-electron chi connectivity index (χ0n) is 9.97. The molecule has 0 atom stereocenters. The van der Waals surface area contributed by atoms with Crippen molar-refractivity contribution >= 4 is 17.5 Å². The van der Waals surface area contributed by atoms with E-state index in [0.29, 0.717) is 13.1 Å². The first kappa shape index (κ1) is 12.7. The lowest BCUT2D eigenvalue weighted by Gasteiger charge is -2.06. The maximum atomic E-state index is 11.6. The van der Waals surface area contributed by atoms with Gasteiger partial charge in [0.2, 0.25) is 5.91 Å². The molecule has 1 N–H and O–H groups in total. The number of hydrogen-bond donors (Lipinski definition) is 1. The Morgan fingerprint density at radius 1 is 1.17 bits per heavy atom. The van der Waals surface area contributed by atoms with E-state index in [9.17, 15) is 4.79 Å². The van der Waals surface area contributed by atoms with Crippen LogP contribution in [0.25, 0.3) is 0 Å². The summed E-state index contributed by atoms with van der Waals surface area (Å²) in [4.78, 5) is 11.6. The summed E-state index contributed by atoms with van der Waals surface area (Å²) in [7, 11) is 0. The van der Waals surface area contributed by atoms with Crippen molar-refractivity contribution in [1.29, 1.82) is 0 Å². The fourth-order valence-electron chi connectivity index (χ4n) is 1.69. The average Bonchev–Trinajstić information content (AvgIpc) is 2.84. The molecule has 0 aliphatic rings. The number of carbonyl (C=O) groups is 1. The Kier molecular flexibility index (Phi) is 4.42. The second kappa shape index (κ2) is 6.26. The number of aromatic nitrogens is 1. The lowest BCUT2D eigenvalue weighted by Crippen LogP contribution is -2.28. The average molecular weight is 263 g/mol. The molecule has 0 saturated carbocycles. The molecule has 2 aromatic rings. The third-order valence-corrected chi connectivity index (χ3v) is 2.89. The number of benzene rings is 1. The molecule has 0 radical (unpaired) electrons. The van der Waals surface area contributed by atoms with Gasteiger partial charge in [-0.3, -0.25) is 4.79 Å². The summed E-state index contributed by atoms with van der Waals surface area (Å²) in [6, 6.07) is 11.5. The number of nitrogens with one attached hydrogen (secondary N) is 1. The highest BCUT2D eigenvalue weighted by atomic mass is 35.5. The molecule has 2 rings (SSSR count). The minimum absolute atomic E-state index is 0.0279. The topological polar surface area (TPSA) is 34.0 Å². The number of amides is 1. The van der Waals surface area contributed by atoms with E-state index in [2.05, 4.69) is 5.32 Å². The van der Waals surface area contributed by atoms with Gasteiger partial charge >= 0.3 is 0 Å². The molecule has 0 fully saturated rings. The van der Waals surface area contributed by atoms with Crippen molar-refractivity contribution < 1.29 is 4.79 Å². The molecule has 1 heterocycles. The summed E-state index contributed by atoms with van der Waals surface area (Å²) < 4.78 is 1.84. The number of hydrogen-bond acceptors (Lipinski definition) is 1. The van der Waals surface area contributed by atoms with Crippen LogP contribution in [0.5, 0.6) is 0 Å². The van der Waals surface area contributed by atoms with Gasteiger partial charge in [0.25, 0.3) is 0 Å². The summed E-state index contributed by atoms with van der Waals surface area (Å²) in [6.45, 7) is 1.01. The third kappa shape index (κ3) is 3.93. The maximum absolute atomic E-state index is 11.6. The molecule has 18 heavy (non-hydrogen) atoms. The molecule has 1 aromatic carbocycles.